The van der Waals surface area contributed by atoms with E-state index in [4.69, 9.17) is 9.47 Å². The van der Waals surface area contributed by atoms with Gasteiger partial charge in [0.1, 0.15) is 25.3 Å². The Hall–Kier alpha value is -5.64. The molecule has 0 aromatic heterocycles. The molecule has 4 aromatic rings. The van der Waals surface area contributed by atoms with E-state index in [9.17, 15) is 24.3 Å². The minimum atomic E-state index is -1.20. The number of carboxylic acid groups (broad SMARTS) is 1. The van der Waals surface area contributed by atoms with Crippen molar-refractivity contribution in [2.45, 2.75) is 50.3 Å². The van der Waals surface area contributed by atoms with Gasteiger partial charge in [0.05, 0.1) is 0 Å². The molecule has 0 fully saturated rings. The zero-order valence-corrected chi connectivity index (χ0v) is 26.5. The lowest BCUT2D eigenvalue weighted by Gasteiger charge is -2.22. The van der Waals surface area contributed by atoms with E-state index in [1.165, 1.54) is 0 Å². The van der Waals surface area contributed by atoms with E-state index >= 15 is 0 Å². The van der Waals surface area contributed by atoms with Crippen LogP contribution in [0, 0.1) is 0 Å². The van der Waals surface area contributed by atoms with Gasteiger partial charge >= 0.3 is 18.2 Å². The van der Waals surface area contributed by atoms with Gasteiger partial charge in [-0.3, -0.25) is 4.79 Å². The number of hydrogen-bond donors (Lipinski definition) is 4. The number of benzene rings is 4. The van der Waals surface area contributed by atoms with Gasteiger partial charge in [0.25, 0.3) is 0 Å². The minimum Gasteiger partial charge on any atom is -0.480 e. The third-order valence-electron chi connectivity index (χ3n) is 8.25. The maximum absolute atomic E-state index is 13.4. The fourth-order valence-electron chi connectivity index (χ4n) is 5.81. The number of rotatable bonds is 15. The van der Waals surface area contributed by atoms with Crippen molar-refractivity contribution in [2.75, 3.05) is 13.2 Å². The first-order valence-corrected chi connectivity index (χ1v) is 16.0. The molecule has 2 atom stereocenters. The lowest BCUT2D eigenvalue weighted by molar-refractivity contribution is -0.142. The molecule has 4 N–H and O–H groups in total. The molecule has 4 aromatic carbocycles. The highest BCUT2D eigenvalue weighted by Crippen LogP contribution is 2.44. The van der Waals surface area contributed by atoms with Crippen molar-refractivity contribution in [3.05, 3.63) is 131 Å². The quantitative estimate of drug-likeness (QED) is 0.119. The van der Waals surface area contributed by atoms with Crippen LogP contribution < -0.4 is 16.0 Å². The molecule has 0 unspecified atom stereocenters. The Kier molecular flexibility index (Phi) is 11.8. The maximum Gasteiger partial charge on any atom is 0.407 e. The second-order valence-corrected chi connectivity index (χ2v) is 11.6. The summed E-state index contributed by atoms with van der Waals surface area (Å²) in [6.07, 6.45) is -0.145. The Labute approximate surface area is 279 Å². The first-order valence-electron chi connectivity index (χ1n) is 16.0. The highest BCUT2D eigenvalue weighted by Gasteiger charge is 2.31. The molecule has 0 radical (unpaired) electrons. The van der Waals surface area contributed by atoms with Gasteiger partial charge in [-0.25, -0.2) is 14.4 Å². The molecule has 0 aliphatic heterocycles. The summed E-state index contributed by atoms with van der Waals surface area (Å²) in [4.78, 5) is 50.7. The van der Waals surface area contributed by atoms with Gasteiger partial charge in [-0.15, -0.1) is 0 Å². The first-order chi connectivity index (χ1) is 23.4. The van der Waals surface area contributed by atoms with E-state index in [1.54, 1.807) is 24.3 Å². The Balaban J connectivity index is 1.17. The number of aliphatic carboxylic acids is 1. The second-order valence-electron chi connectivity index (χ2n) is 11.6. The van der Waals surface area contributed by atoms with E-state index in [2.05, 4.69) is 16.0 Å². The summed E-state index contributed by atoms with van der Waals surface area (Å²) in [5.74, 6) is -1.99. The number of fused-ring (bicyclic) bond motifs is 3. The average Bonchev–Trinajstić information content (AvgIpc) is 3.43. The fraction of sp³-hybridized carbons (Fsp3) is 0.263. The lowest BCUT2D eigenvalue weighted by Crippen LogP contribution is -2.52. The summed E-state index contributed by atoms with van der Waals surface area (Å²) < 4.78 is 10.9. The number of amides is 3. The smallest absolute Gasteiger partial charge is 0.407 e. The topological polar surface area (TPSA) is 143 Å². The molecule has 0 saturated heterocycles. The van der Waals surface area contributed by atoms with Crippen LogP contribution in [0.25, 0.3) is 11.1 Å². The Morgan fingerprint density at radius 1 is 0.646 bits per heavy atom. The van der Waals surface area contributed by atoms with Crippen LogP contribution in [0.4, 0.5) is 9.59 Å². The predicted octanol–water partition coefficient (Wildman–Crippen LogP) is 5.80. The van der Waals surface area contributed by atoms with Crippen molar-refractivity contribution < 1.29 is 33.8 Å². The van der Waals surface area contributed by atoms with Crippen molar-refractivity contribution in [2.24, 2.45) is 0 Å². The summed E-state index contributed by atoms with van der Waals surface area (Å²) in [7, 11) is 0. The van der Waals surface area contributed by atoms with Gasteiger partial charge in [0, 0.05) is 18.9 Å². The Morgan fingerprint density at radius 2 is 1.23 bits per heavy atom. The molecule has 248 valence electrons. The van der Waals surface area contributed by atoms with Crippen LogP contribution >= 0.6 is 0 Å². The van der Waals surface area contributed by atoms with Crippen LogP contribution in [0.3, 0.4) is 0 Å². The monoisotopic (exact) mass is 649 g/mol. The molecular formula is C38H39N3O7. The number of ether oxygens (including phenoxy) is 2. The zero-order chi connectivity index (χ0) is 33.7. The van der Waals surface area contributed by atoms with Crippen LogP contribution in [0.2, 0.25) is 0 Å². The molecule has 0 spiro atoms. The Morgan fingerprint density at radius 3 is 1.85 bits per heavy atom. The number of unbranched alkanes of at least 4 members (excludes halogenated alkanes) is 1. The van der Waals surface area contributed by atoms with Crippen molar-refractivity contribution in [3.8, 4) is 11.1 Å². The van der Waals surface area contributed by atoms with Gasteiger partial charge in [-0.1, -0.05) is 109 Å². The summed E-state index contributed by atoms with van der Waals surface area (Å²) >= 11 is 0. The summed E-state index contributed by atoms with van der Waals surface area (Å²) in [6.45, 7) is 0.500. The van der Waals surface area contributed by atoms with Crippen molar-refractivity contribution >= 4 is 24.1 Å². The predicted molar refractivity (Wildman–Crippen MR) is 180 cm³/mol. The van der Waals surface area contributed by atoms with Crippen LogP contribution in [0.1, 0.15) is 47.4 Å². The normalized spacial score (nSPS) is 12.9. The summed E-state index contributed by atoms with van der Waals surface area (Å²) in [6, 6.07) is 32.0. The maximum atomic E-state index is 13.4. The molecule has 0 saturated carbocycles. The molecule has 0 bridgehead atoms. The van der Waals surface area contributed by atoms with Crippen LogP contribution in [-0.2, 0) is 32.1 Å². The summed E-state index contributed by atoms with van der Waals surface area (Å²) in [5.41, 5.74) is 5.91. The van der Waals surface area contributed by atoms with E-state index in [0.717, 1.165) is 33.4 Å². The number of alkyl carbamates (subject to hydrolysis) is 2. The standard InChI is InChI=1S/C38H39N3O7/c42-35(40-34(36(43)44)23-26-13-3-1-4-14-26)33(21-11-12-22-39-37(45)47-24-27-15-5-2-6-16-27)41-38(46)48-25-32-30-19-9-7-17-28(30)29-18-8-10-20-31(29)32/h1-10,13-20,32-34H,11-12,21-25H2,(H,39,45)(H,40,42)(H,41,46)(H,43,44)/t33-,34-/m0/s1. The average molecular weight is 650 g/mol. The first kappa shape index (κ1) is 33.7. The molecule has 10 nitrogen and oxygen atoms in total. The molecular weight excluding hydrogens is 610 g/mol. The number of nitrogens with one attached hydrogen (secondary N) is 3. The summed E-state index contributed by atoms with van der Waals surface area (Å²) in [5, 5.41) is 17.8. The molecule has 1 aliphatic carbocycles. The van der Waals surface area contributed by atoms with Crippen LogP contribution in [0.15, 0.2) is 109 Å². The van der Waals surface area contributed by atoms with E-state index in [-0.39, 0.29) is 32.0 Å². The van der Waals surface area contributed by atoms with Gasteiger partial charge in [-0.05, 0) is 52.6 Å². The largest absolute Gasteiger partial charge is 0.480 e. The second kappa shape index (κ2) is 16.8. The number of carbonyl (C=O) groups is 4. The molecule has 48 heavy (non-hydrogen) atoms. The fourth-order valence-corrected chi connectivity index (χ4v) is 5.81. The SMILES string of the molecule is O=C(NCCCC[C@H](NC(=O)OCC1c2ccccc2-c2ccccc21)C(=O)N[C@@H](Cc1ccccc1)C(=O)O)OCc1ccccc1. The van der Waals surface area contributed by atoms with Crippen molar-refractivity contribution in [1.82, 2.24) is 16.0 Å². The van der Waals surface area contributed by atoms with E-state index < -0.39 is 36.1 Å². The third-order valence-corrected chi connectivity index (χ3v) is 8.25. The third kappa shape index (κ3) is 9.22. The van der Waals surface area contributed by atoms with Crippen molar-refractivity contribution in [1.29, 1.82) is 0 Å². The van der Waals surface area contributed by atoms with Gasteiger partial charge in [0.15, 0.2) is 0 Å². The zero-order valence-electron chi connectivity index (χ0n) is 26.5. The highest BCUT2D eigenvalue weighted by atomic mass is 16.6. The highest BCUT2D eigenvalue weighted by molar-refractivity contribution is 5.89. The number of carbonyl (C=O) groups excluding carboxylic acids is 3. The minimum absolute atomic E-state index is 0.0645. The van der Waals surface area contributed by atoms with Crippen molar-refractivity contribution in [3.63, 3.8) is 0 Å². The van der Waals surface area contributed by atoms with Crippen LogP contribution in [-0.4, -0.2) is 54.4 Å². The Bertz CT molecular complexity index is 1650. The number of carboxylic acids is 1. The molecule has 1 aliphatic rings. The lowest BCUT2D eigenvalue weighted by atomic mass is 9.98. The van der Waals surface area contributed by atoms with Gasteiger partial charge < -0.3 is 30.5 Å². The number of hydrogen-bond acceptors (Lipinski definition) is 6. The molecule has 10 heteroatoms. The van der Waals surface area contributed by atoms with E-state index in [0.29, 0.717) is 19.4 Å². The van der Waals surface area contributed by atoms with Gasteiger partial charge in [0.2, 0.25) is 5.91 Å². The molecule has 3 amide bonds. The van der Waals surface area contributed by atoms with Crippen LogP contribution in [0.5, 0.6) is 0 Å². The molecule has 0 heterocycles. The van der Waals surface area contributed by atoms with E-state index in [1.807, 2.05) is 84.9 Å². The molecule has 5 rings (SSSR count). The van der Waals surface area contributed by atoms with Gasteiger partial charge in [-0.2, -0.15) is 0 Å².